The van der Waals surface area contributed by atoms with Gasteiger partial charge in [0.15, 0.2) is 0 Å². The van der Waals surface area contributed by atoms with E-state index >= 15 is 0 Å². The van der Waals surface area contributed by atoms with Gasteiger partial charge >= 0.3 is 0 Å². The monoisotopic (exact) mass is 731 g/mol. The molecule has 1 saturated heterocycles. The molecular formula is C41H57N5O5S. The fourth-order valence-electron chi connectivity index (χ4n) is 6.88. The summed E-state index contributed by atoms with van der Waals surface area (Å²) >= 11 is 4.21. The Hall–Kier alpha value is -3.77. The van der Waals surface area contributed by atoms with Crippen molar-refractivity contribution < 1.29 is 19.4 Å². The summed E-state index contributed by atoms with van der Waals surface area (Å²) in [6.07, 6.45) is 10.8. The van der Waals surface area contributed by atoms with Gasteiger partial charge in [-0.05, 0) is 73.7 Å². The summed E-state index contributed by atoms with van der Waals surface area (Å²) in [5.74, 6) is 1.07. The molecule has 3 unspecified atom stereocenters. The average molecular weight is 732 g/mol. The molecule has 3 atom stereocenters. The second-order valence-electron chi connectivity index (χ2n) is 13.9. The molecule has 2 amide bonds. The van der Waals surface area contributed by atoms with Gasteiger partial charge in [-0.15, -0.1) is 4.91 Å². The van der Waals surface area contributed by atoms with Gasteiger partial charge in [0, 0.05) is 42.6 Å². The zero-order valence-corrected chi connectivity index (χ0v) is 31.7. The minimum absolute atomic E-state index is 0.0303. The average Bonchev–Trinajstić information content (AvgIpc) is 3.17. The molecule has 4 rings (SSSR count). The smallest absolute Gasteiger partial charge is 0.250 e. The van der Waals surface area contributed by atoms with Gasteiger partial charge in [0.05, 0.1) is 19.3 Å². The van der Waals surface area contributed by atoms with Gasteiger partial charge in [-0.1, -0.05) is 93.0 Å². The molecule has 282 valence electrons. The second-order valence-corrected chi connectivity index (χ2v) is 14.4. The number of aliphatic hydroxyl groups is 1. The number of carbonyl (C=O) groups excluding carboxylic acids is 2. The number of nitrogens with zero attached hydrogens (tertiary/aromatic N) is 2. The van der Waals surface area contributed by atoms with Crippen LogP contribution in [0.2, 0.25) is 0 Å². The standard InChI is InChI=1S/C41H57N5O5S/c1-30-13-17-32(18-14-30)37(47)23-24-41(42)39(35-22-21-34(51-2)28-36(35)45-50)46(40(41)49)33-19-15-31(16-20-33)29-44-38(48)12-10-8-6-4-3-5-7-9-11-25-43-26-27-52/h13-22,28,37,39,43,47,52H,3-12,23-27,29,42H2,1-2H3,(H,44,48). The molecule has 1 heterocycles. The van der Waals surface area contributed by atoms with Crippen LogP contribution in [-0.4, -0.2) is 48.4 Å². The number of unbranched alkanes of at least 4 members (excludes halogenated alkanes) is 8. The van der Waals surface area contributed by atoms with E-state index in [2.05, 4.69) is 28.4 Å². The van der Waals surface area contributed by atoms with Crippen LogP contribution in [0, 0.1) is 11.8 Å². The van der Waals surface area contributed by atoms with E-state index in [-0.39, 0.29) is 30.3 Å². The van der Waals surface area contributed by atoms with Crippen LogP contribution < -0.4 is 26.0 Å². The highest BCUT2D eigenvalue weighted by molar-refractivity contribution is 7.80. The van der Waals surface area contributed by atoms with Gasteiger partial charge in [0.25, 0.3) is 0 Å². The molecular weight excluding hydrogens is 675 g/mol. The number of aliphatic hydroxyl groups excluding tert-OH is 1. The highest BCUT2D eigenvalue weighted by Crippen LogP contribution is 2.50. The number of rotatable bonds is 24. The molecule has 0 aromatic heterocycles. The summed E-state index contributed by atoms with van der Waals surface area (Å²) in [7, 11) is 1.50. The number of ether oxygens (including phenoxy) is 1. The van der Waals surface area contributed by atoms with E-state index in [0.717, 1.165) is 54.8 Å². The van der Waals surface area contributed by atoms with Gasteiger partial charge in [-0.3, -0.25) is 9.59 Å². The summed E-state index contributed by atoms with van der Waals surface area (Å²) in [6, 6.07) is 19.3. The van der Waals surface area contributed by atoms with Crippen LogP contribution in [0.5, 0.6) is 5.75 Å². The fourth-order valence-corrected chi connectivity index (χ4v) is 7.04. The zero-order valence-electron chi connectivity index (χ0n) is 30.8. The van der Waals surface area contributed by atoms with Crippen LogP contribution in [-0.2, 0) is 16.1 Å². The Labute approximate surface area is 314 Å². The Morgan fingerprint density at radius 1 is 0.962 bits per heavy atom. The lowest BCUT2D eigenvalue weighted by Gasteiger charge is -2.54. The highest BCUT2D eigenvalue weighted by atomic mass is 32.1. The maximum absolute atomic E-state index is 13.9. The van der Waals surface area contributed by atoms with Crippen LogP contribution in [0.25, 0.3) is 0 Å². The van der Waals surface area contributed by atoms with Crippen molar-refractivity contribution in [2.75, 3.05) is 30.9 Å². The molecule has 3 aromatic rings. The number of carbonyl (C=O) groups is 2. The molecule has 52 heavy (non-hydrogen) atoms. The van der Waals surface area contributed by atoms with Crippen LogP contribution in [0.15, 0.2) is 71.9 Å². The number of methoxy groups -OCH3 is 1. The lowest BCUT2D eigenvalue weighted by atomic mass is 9.71. The van der Waals surface area contributed by atoms with E-state index in [9.17, 15) is 19.6 Å². The minimum Gasteiger partial charge on any atom is -0.497 e. The maximum Gasteiger partial charge on any atom is 0.250 e. The predicted octanol–water partition coefficient (Wildman–Crippen LogP) is 7.74. The molecule has 0 spiro atoms. The number of nitroso groups, excluding NO2 is 1. The lowest BCUT2D eigenvalue weighted by molar-refractivity contribution is -0.133. The van der Waals surface area contributed by atoms with Crippen LogP contribution in [0.3, 0.4) is 0 Å². The molecule has 1 aliphatic rings. The Kier molecular flexibility index (Phi) is 16.6. The molecule has 5 N–H and O–H groups in total. The van der Waals surface area contributed by atoms with Crippen molar-refractivity contribution in [3.63, 3.8) is 0 Å². The first-order valence-corrected chi connectivity index (χ1v) is 19.4. The van der Waals surface area contributed by atoms with Crippen molar-refractivity contribution in [3.05, 3.63) is 93.9 Å². The molecule has 1 aliphatic heterocycles. The maximum atomic E-state index is 13.9. The summed E-state index contributed by atoms with van der Waals surface area (Å²) in [5.41, 5.74) is 9.49. The number of hydrogen-bond donors (Lipinski definition) is 5. The number of nitrogens with two attached hydrogens (primary N) is 1. The molecule has 3 aromatic carbocycles. The predicted molar refractivity (Wildman–Crippen MR) is 212 cm³/mol. The topological polar surface area (TPSA) is 146 Å². The van der Waals surface area contributed by atoms with E-state index in [0.29, 0.717) is 30.0 Å². The quantitative estimate of drug-likeness (QED) is 0.0274. The van der Waals surface area contributed by atoms with Crippen molar-refractivity contribution in [2.45, 2.75) is 108 Å². The Morgan fingerprint density at radius 3 is 2.25 bits per heavy atom. The zero-order chi connectivity index (χ0) is 37.3. The number of amides is 2. The first-order chi connectivity index (χ1) is 25.2. The molecule has 0 radical (unpaired) electrons. The summed E-state index contributed by atoms with van der Waals surface area (Å²) in [4.78, 5) is 40.0. The number of benzene rings is 3. The van der Waals surface area contributed by atoms with E-state index in [1.165, 1.54) is 51.7 Å². The fraction of sp³-hybridized carbons (Fsp3) is 0.512. The van der Waals surface area contributed by atoms with E-state index < -0.39 is 17.7 Å². The largest absolute Gasteiger partial charge is 0.497 e. The third kappa shape index (κ3) is 11.4. The molecule has 11 heteroatoms. The van der Waals surface area contributed by atoms with Crippen molar-refractivity contribution >= 4 is 35.8 Å². The minimum atomic E-state index is -1.38. The summed E-state index contributed by atoms with van der Waals surface area (Å²) in [5, 5.41) is 20.6. The van der Waals surface area contributed by atoms with Crippen molar-refractivity contribution in [2.24, 2.45) is 10.9 Å². The SMILES string of the molecule is COc1ccc(C2N(c3ccc(CNC(=O)CCCCCCCCCCCNCCS)cc3)C(=O)C2(N)CCC(O)c2ccc(C)cc2)c(N=O)c1. The van der Waals surface area contributed by atoms with E-state index in [1.807, 2.05) is 55.5 Å². The van der Waals surface area contributed by atoms with Gasteiger partial charge in [-0.25, -0.2) is 0 Å². The first kappa shape index (κ1) is 41.0. The number of thiol groups is 1. The third-order valence-corrected chi connectivity index (χ3v) is 10.3. The van der Waals surface area contributed by atoms with Crippen LogP contribution >= 0.6 is 12.6 Å². The molecule has 10 nitrogen and oxygen atoms in total. The number of nitrogens with one attached hydrogen (secondary N) is 2. The first-order valence-electron chi connectivity index (χ1n) is 18.8. The van der Waals surface area contributed by atoms with Gasteiger partial charge in [0.1, 0.15) is 17.0 Å². The van der Waals surface area contributed by atoms with Crippen molar-refractivity contribution in [1.82, 2.24) is 10.6 Å². The normalized spacial score (nSPS) is 17.4. The van der Waals surface area contributed by atoms with Crippen molar-refractivity contribution in [1.29, 1.82) is 0 Å². The van der Waals surface area contributed by atoms with Gasteiger partial charge in [-0.2, -0.15) is 12.6 Å². The Morgan fingerprint density at radius 2 is 1.62 bits per heavy atom. The van der Waals surface area contributed by atoms with Crippen LogP contribution in [0.1, 0.15) is 111 Å². The third-order valence-electron chi connectivity index (χ3n) is 10.0. The number of β-lactam (4-membered cyclic amide) rings is 1. The van der Waals surface area contributed by atoms with E-state index in [4.69, 9.17) is 10.5 Å². The molecule has 0 bridgehead atoms. The van der Waals surface area contributed by atoms with E-state index in [1.54, 1.807) is 17.0 Å². The summed E-state index contributed by atoms with van der Waals surface area (Å²) < 4.78 is 5.30. The van der Waals surface area contributed by atoms with Gasteiger partial charge in [0.2, 0.25) is 11.8 Å². The van der Waals surface area contributed by atoms with Crippen LogP contribution in [0.4, 0.5) is 11.4 Å². The molecule has 1 fully saturated rings. The number of anilines is 1. The summed E-state index contributed by atoms with van der Waals surface area (Å²) in [6.45, 7) is 4.43. The number of aryl methyl sites for hydroxylation is 1. The Bertz CT molecular complexity index is 1570. The lowest BCUT2D eigenvalue weighted by Crippen LogP contribution is -2.73. The molecule has 0 saturated carbocycles. The van der Waals surface area contributed by atoms with Crippen molar-refractivity contribution in [3.8, 4) is 5.75 Å². The highest BCUT2D eigenvalue weighted by Gasteiger charge is 2.59. The Balaban J connectivity index is 1.29. The molecule has 0 aliphatic carbocycles. The second kappa shape index (κ2) is 21.1. The number of hydrogen-bond acceptors (Lipinski definition) is 9. The van der Waals surface area contributed by atoms with Gasteiger partial charge < -0.3 is 31.1 Å².